The number of benzene rings is 3. The maximum atomic E-state index is 14.1. The molecule has 1 atom stereocenters. The Morgan fingerprint density at radius 3 is 2.41 bits per heavy atom. The molecule has 0 aliphatic carbocycles. The lowest BCUT2D eigenvalue weighted by Gasteiger charge is -2.22. The number of rotatable bonds is 8. The Hall–Kier alpha value is -4.99. The number of fused-ring (bicyclic) bond motifs is 1. The summed E-state index contributed by atoms with van der Waals surface area (Å²) in [5.41, 5.74) is 2.68. The number of hydrogen-bond donors (Lipinski definition) is 2. The Morgan fingerprint density at radius 2 is 1.66 bits per heavy atom. The van der Waals surface area contributed by atoms with Gasteiger partial charge in [-0.2, -0.15) is 0 Å². The molecule has 0 saturated carbocycles. The number of amides is 2. The molecule has 0 radical (unpaired) electrons. The van der Waals surface area contributed by atoms with E-state index in [1.54, 1.807) is 42.5 Å². The van der Waals surface area contributed by atoms with Crippen molar-refractivity contribution in [2.45, 2.75) is 19.0 Å². The summed E-state index contributed by atoms with van der Waals surface area (Å²) < 4.78 is 57.2. The van der Waals surface area contributed by atoms with Crippen molar-refractivity contribution in [1.82, 2.24) is 20.2 Å². The smallest absolute Gasteiger partial charge is 0.251 e. The molecule has 2 aromatic heterocycles. The Kier molecular flexibility index (Phi) is 7.82. The van der Waals surface area contributed by atoms with Crippen LogP contribution < -0.4 is 10.6 Å². The van der Waals surface area contributed by atoms with Gasteiger partial charge < -0.3 is 15.2 Å². The molecule has 0 spiro atoms. The molecular formula is C31H24F4N4O2. The standard InChI is InChI=1S/C31H24F4N4O2/c1-36-31(41)21-5-2-4-19(13-21)24-6-3-8-37-30(24)27(12-18-10-22(32)15-23(33)11-18)38-29(40)17-39-9-7-20-14-25(34)26(35)16-28(20)39/h2-11,13-16,27H,12,17H2,1H3,(H,36,41)(H,38,40)/t27-/m0/s1. The highest BCUT2D eigenvalue weighted by atomic mass is 19.2. The molecule has 2 N–H and O–H groups in total. The van der Waals surface area contributed by atoms with Gasteiger partial charge in [-0.15, -0.1) is 0 Å². The van der Waals surface area contributed by atoms with Crippen LogP contribution in [0.1, 0.15) is 27.7 Å². The largest absolute Gasteiger partial charge is 0.355 e. The molecule has 0 bridgehead atoms. The highest BCUT2D eigenvalue weighted by Crippen LogP contribution is 2.30. The minimum atomic E-state index is -1.04. The summed E-state index contributed by atoms with van der Waals surface area (Å²) in [6, 6.07) is 16.2. The lowest BCUT2D eigenvalue weighted by molar-refractivity contribution is -0.122. The summed E-state index contributed by atoms with van der Waals surface area (Å²) in [6.45, 7) is -0.239. The first-order chi connectivity index (χ1) is 19.7. The number of carbonyl (C=O) groups excluding carboxylic acids is 2. The molecule has 0 saturated heterocycles. The fourth-order valence-corrected chi connectivity index (χ4v) is 4.81. The lowest BCUT2D eigenvalue weighted by Crippen LogP contribution is -2.33. The molecule has 10 heteroatoms. The second-order valence-corrected chi connectivity index (χ2v) is 9.47. The number of nitrogens with zero attached hydrogens (tertiary/aromatic N) is 2. The molecule has 0 unspecified atom stereocenters. The van der Waals surface area contributed by atoms with E-state index in [1.807, 2.05) is 0 Å². The van der Waals surface area contributed by atoms with E-state index in [4.69, 9.17) is 0 Å². The average molecular weight is 561 g/mol. The number of pyridine rings is 1. The Bertz CT molecular complexity index is 1750. The number of halogens is 4. The summed E-state index contributed by atoms with van der Waals surface area (Å²) >= 11 is 0. The first kappa shape index (κ1) is 27.6. The van der Waals surface area contributed by atoms with Gasteiger partial charge in [0.15, 0.2) is 11.6 Å². The van der Waals surface area contributed by atoms with Gasteiger partial charge in [0.2, 0.25) is 5.91 Å². The fraction of sp³-hybridized carbons (Fsp3) is 0.129. The highest BCUT2D eigenvalue weighted by molar-refractivity contribution is 5.95. The molecular weight excluding hydrogens is 536 g/mol. The van der Waals surface area contributed by atoms with E-state index in [9.17, 15) is 27.2 Å². The van der Waals surface area contributed by atoms with E-state index < -0.39 is 35.2 Å². The summed E-state index contributed by atoms with van der Waals surface area (Å²) in [4.78, 5) is 30.1. The minimum Gasteiger partial charge on any atom is -0.355 e. The second-order valence-electron chi connectivity index (χ2n) is 9.47. The Morgan fingerprint density at radius 1 is 0.902 bits per heavy atom. The van der Waals surface area contributed by atoms with Gasteiger partial charge in [0.05, 0.1) is 17.3 Å². The van der Waals surface area contributed by atoms with E-state index in [0.29, 0.717) is 33.3 Å². The third kappa shape index (κ3) is 6.11. The van der Waals surface area contributed by atoms with Crippen molar-refractivity contribution in [1.29, 1.82) is 0 Å². The molecule has 41 heavy (non-hydrogen) atoms. The molecule has 2 amide bonds. The fourth-order valence-electron chi connectivity index (χ4n) is 4.81. The van der Waals surface area contributed by atoms with Crippen LogP contribution in [0.25, 0.3) is 22.0 Å². The van der Waals surface area contributed by atoms with Gasteiger partial charge in [0.25, 0.3) is 5.91 Å². The van der Waals surface area contributed by atoms with Crippen molar-refractivity contribution in [2.75, 3.05) is 7.05 Å². The van der Waals surface area contributed by atoms with Crippen molar-refractivity contribution in [2.24, 2.45) is 0 Å². The zero-order valence-corrected chi connectivity index (χ0v) is 21.8. The van der Waals surface area contributed by atoms with Crippen LogP contribution in [-0.4, -0.2) is 28.4 Å². The molecule has 3 aromatic carbocycles. The van der Waals surface area contributed by atoms with E-state index in [-0.39, 0.29) is 24.4 Å². The Labute approximate surface area is 232 Å². The predicted octanol–water partition coefficient (Wildman–Crippen LogP) is 5.72. The normalized spacial score (nSPS) is 11.8. The summed E-state index contributed by atoms with van der Waals surface area (Å²) in [5, 5.41) is 5.89. The van der Waals surface area contributed by atoms with Gasteiger partial charge in [-0.05, 0) is 60.0 Å². The first-order valence-corrected chi connectivity index (χ1v) is 12.7. The highest BCUT2D eigenvalue weighted by Gasteiger charge is 2.22. The van der Waals surface area contributed by atoms with Gasteiger partial charge in [-0.25, -0.2) is 17.6 Å². The van der Waals surface area contributed by atoms with Crippen LogP contribution in [0.4, 0.5) is 17.6 Å². The third-order valence-corrected chi connectivity index (χ3v) is 6.66. The van der Waals surface area contributed by atoms with Gasteiger partial charge in [-0.1, -0.05) is 18.2 Å². The first-order valence-electron chi connectivity index (χ1n) is 12.7. The van der Waals surface area contributed by atoms with Gasteiger partial charge in [0, 0.05) is 48.1 Å². The topological polar surface area (TPSA) is 76.0 Å². The van der Waals surface area contributed by atoms with Crippen LogP contribution in [0, 0.1) is 23.3 Å². The van der Waals surface area contributed by atoms with E-state index >= 15 is 0 Å². The quantitative estimate of drug-likeness (QED) is 0.239. The second kappa shape index (κ2) is 11.6. The van der Waals surface area contributed by atoms with Crippen molar-refractivity contribution < 1.29 is 27.2 Å². The zero-order chi connectivity index (χ0) is 29.1. The van der Waals surface area contributed by atoms with Crippen LogP contribution >= 0.6 is 0 Å². The maximum absolute atomic E-state index is 14.1. The van der Waals surface area contributed by atoms with Crippen LogP contribution in [0.5, 0.6) is 0 Å². The van der Waals surface area contributed by atoms with Gasteiger partial charge >= 0.3 is 0 Å². The molecule has 6 nitrogen and oxygen atoms in total. The van der Waals surface area contributed by atoms with E-state index in [1.165, 1.54) is 36.1 Å². The molecule has 0 aliphatic rings. The van der Waals surface area contributed by atoms with Crippen LogP contribution in [0.15, 0.2) is 85.2 Å². The Balaban J connectivity index is 1.51. The van der Waals surface area contributed by atoms with E-state index in [0.717, 1.165) is 18.2 Å². The zero-order valence-electron chi connectivity index (χ0n) is 21.8. The van der Waals surface area contributed by atoms with Crippen LogP contribution in [0.2, 0.25) is 0 Å². The van der Waals surface area contributed by atoms with Gasteiger partial charge in [-0.3, -0.25) is 14.6 Å². The summed E-state index contributed by atoms with van der Waals surface area (Å²) in [7, 11) is 1.52. The molecule has 5 rings (SSSR count). The number of carbonyl (C=O) groups is 2. The molecule has 5 aromatic rings. The van der Waals surface area contributed by atoms with Crippen molar-refractivity contribution in [3.05, 3.63) is 125 Å². The van der Waals surface area contributed by atoms with E-state index in [2.05, 4.69) is 15.6 Å². The SMILES string of the molecule is CNC(=O)c1cccc(-c2cccnc2[C@H](Cc2cc(F)cc(F)c2)NC(=O)Cn2ccc3cc(F)c(F)cc32)c1. The number of aromatic nitrogens is 2. The predicted molar refractivity (Wildman–Crippen MR) is 146 cm³/mol. The summed E-state index contributed by atoms with van der Waals surface area (Å²) in [6.07, 6.45) is 3.06. The average Bonchev–Trinajstić information content (AvgIpc) is 3.32. The number of hydrogen-bond acceptors (Lipinski definition) is 3. The van der Waals surface area contributed by atoms with Crippen LogP contribution in [0.3, 0.4) is 0 Å². The monoisotopic (exact) mass is 560 g/mol. The summed E-state index contributed by atoms with van der Waals surface area (Å²) in [5.74, 6) is -4.35. The minimum absolute atomic E-state index is 0.00810. The lowest BCUT2D eigenvalue weighted by atomic mass is 9.94. The van der Waals surface area contributed by atoms with Crippen molar-refractivity contribution in [3.8, 4) is 11.1 Å². The molecule has 208 valence electrons. The van der Waals surface area contributed by atoms with Crippen molar-refractivity contribution >= 4 is 22.7 Å². The van der Waals surface area contributed by atoms with Crippen LogP contribution in [-0.2, 0) is 17.8 Å². The maximum Gasteiger partial charge on any atom is 0.251 e. The molecule has 0 aliphatic heterocycles. The van der Waals surface area contributed by atoms with Gasteiger partial charge in [0.1, 0.15) is 18.2 Å². The third-order valence-electron chi connectivity index (χ3n) is 6.66. The molecule has 0 fully saturated rings. The molecule has 2 heterocycles. The van der Waals surface area contributed by atoms with Crippen molar-refractivity contribution in [3.63, 3.8) is 0 Å². The number of nitrogens with one attached hydrogen (secondary N) is 2.